The van der Waals surface area contributed by atoms with E-state index in [-0.39, 0.29) is 11.9 Å². The van der Waals surface area contributed by atoms with Crippen molar-refractivity contribution < 1.29 is 9.53 Å². The van der Waals surface area contributed by atoms with E-state index in [1.165, 1.54) is 6.33 Å². The zero-order chi connectivity index (χ0) is 18.0. The summed E-state index contributed by atoms with van der Waals surface area (Å²) >= 11 is 0. The van der Waals surface area contributed by atoms with E-state index in [9.17, 15) is 4.79 Å². The van der Waals surface area contributed by atoms with E-state index in [1.807, 2.05) is 31.2 Å². The molecule has 7 heteroatoms. The van der Waals surface area contributed by atoms with E-state index in [0.717, 1.165) is 12.1 Å². The summed E-state index contributed by atoms with van der Waals surface area (Å²) in [4.78, 5) is 17.3. The molecule has 0 saturated heterocycles. The number of hydrogen-bond donors (Lipinski definition) is 2. The van der Waals surface area contributed by atoms with Crippen molar-refractivity contribution in [3.63, 3.8) is 0 Å². The Bertz CT molecular complexity index is 809. The van der Waals surface area contributed by atoms with Gasteiger partial charge < -0.3 is 15.4 Å². The van der Waals surface area contributed by atoms with Gasteiger partial charge in [0.05, 0.1) is 24.4 Å². The summed E-state index contributed by atoms with van der Waals surface area (Å²) in [7, 11) is 1.58. The van der Waals surface area contributed by atoms with Crippen molar-refractivity contribution in [2.45, 2.75) is 33.2 Å². The van der Waals surface area contributed by atoms with Gasteiger partial charge >= 0.3 is 0 Å². The highest BCUT2D eigenvalue weighted by molar-refractivity contribution is 6.06. The number of carbonyl (C=O) groups excluding carboxylic acids is 1. The number of methoxy groups -OCH3 is 1. The van der Waals surface area contributed by atoms with Gasteiger partial charge in [0, 0.05) is 5.70 Å². The molecule has 0 bridgehead atoms. The van der Waals surface area contributed by atoms with Crippen LogP contribution >= 0.6 is 0 Å². The molecule has 1 aromatic heterocycles. The molecule has 0 saturated carbocycles. The zero-order valence-corrected chi connectivity index (χ0v) is 14.9. The van der Waals surface area contributed by atoms with Crippen LogP contribution in [0.5, 0.6) is 5.75 Å². The number of ether oxygens (including phenoxy) is 1. The molecule has 132 valence electrons. The highest BCUT2D eigenvalue weighted by Gasteiger charge is 2.32. The Morgan fingerprint density at radius 1 is 1.40 bits per heavy atom. The number of allylic oxidation sites excluding steroid dienone is 1. The van der Waals surface area contributed by atoms with Crippen LogP contribution in [0.1, 0.15) is 33.2 Å². The van der Waals surface area contributed by atoms with Crippen LogP contribution < -0.4 is 15.4 Å². The number of aromatic nitrogens is 3. The fourth-order valence-electron chi connectivity index (χ4n) is 3.10. The molecule has 0 radical (unpaired) electrons. The van der Waals surface area contributed by atoms with Gasteiger partial charge in [-0.1, -0.05) is 26.0 Å². The van der Waals surface area contributed by atoms with Gasteiger partial charge in [-0.2, -0.15) is 10.1 Å². The van der Waals surface area contributed by atoms with Gasteiger partial charge in [-0.3, -0.25) is 4.79 Å². The fourth-order valence-corrected chi connectivity index (χ4v) is 3.10. The van der Waals surface area contributed by atoms with E-state index in [2.05, 4.69) is 34.6 Å². The molecule has 0 spiro atoms. The summed E-state index contributed by atoms with van der Waals surface area (Å²) in [5, 5.41) is 10.4. The van der Waals surface area contributed by atoms with Crippen LogP contribution in [0.4, 0.5) is 11.6 Å². The summed E-state index contributed by atoms with van der Waals surface area (Å²) in [5.41, 5.74) is 2.10. The summed E-state index contributed by atoms with van der Waals surface area (Å²) in [6.45, 7) is 6.15. The van der Waals surface area contributed by atoms with Gasteiger partial charge in [0.2, 0.25) is 5.95 Å². The second kappa shape index (κ2) is 6.96. The lowest BCUT2D eigenvalue weighted by atomic mass is 9.94. The number of fused-ring (bicyclic) bond motifs is 1. The standard InChI is InChI=1S/C18H23N5O2/c1-11(2)9-14-16(12(3)21-18-19-10-20-23(14)18)17(24)22-13-7-5-6-8-15(13)25-4/h5-8,10-11,14H,9H2,1-4H3,(H,22,24)(H,19,20,21)/t14-/m1/s1. The molecule has 7 nitrogen and oxygen atoms in total. The van der Waals surface area contributed by atoms with E-state index in [1.54, 1.807) is 11.8 Å². The third kappa shape index (κ3) is 3.35. The maximum Gasteiger partial charge on any atom is 0.255 e. The average Bonchev–Trinajstić information content (AvgIpc) is 3.03. The molecule has 2 N–H and O–H groups in total. The van der Waals surface area contributed by atoms with Crippen molar-refractivity contribution in [2.75, 3.05) is 17.7 Å². The predicted octanol–water partition coefficient (Wildman–Crippen LogP) is 3.21. The number of anilines is 2. The molecule has 2 heterocycles. The van der Waals surface area contributed by atoms with Crippen LogP contribution in [0.25, 0.3) is 0 Å². The Kier molecular flexibility index (Phi) is 4.74. The lowest BCUT2D eigenvalue weighted by molar-refractivity contribution is -0.113. The molecule has 0 unspecified atom stereocenters. The van der Waals surface area contributed by atoms with Gasteiger partial charge in [-0.15, -0.1) is 0 Å². The minimum Gasteiger partial charge on any atom is -0.495 e. The Labute approximate surface area is 147 Å². The number of benzene rings is 1. The van der Waals surface area contributed by atoms with Crippen molar-refractivity contribution >= 4 is 17.5 Å². The molecule has 1 aromatic carbocycles. The minimum absolute atomic E-state index is 0.159. The largest absolute Gasteiger partial charge is 0.495 e. The fraction of sp³-hybridized carbons (Fsp3) is 0.389. The second-order valence-electron chi connectivity index (χ2n) is 6.49. The maximum absolute atomic E-state index is 13.0. The van der Waals surface area contributed by atoms with Crippen molar-refractivity contribution in [3.8, 4) is 5.75 Å². The molecule has 1 aliphatic heterocycles. The summed E-state index contributed by atoms with van der Waals surface area (Å²) in [5.74, 6) is 1.53. The van der Waals surface area contributed by atoms with Crippen LogP contribution in [0, 0.1) is 5.92 Å². The van der Waals surface area contributed by atoms with Crippen LogP contribution in [0.3, 0.4) is 0 Å². The second-order valence-corrected chi connectivity index (χ2v) is 6.49. The lowest BCUT2D eigenvalue weighted by Gasteiger charge is -2.29. The van der Waals surface area contributed by atoms with Crippen molar-refractivity contribution in [1.82, 2.24) is 14.8 Å². The van der Waals surface area contributed by atoms with E-state index < -0.39 is 0 Å². The predicted molar refractivity (Wildman–Crippen MR) is 96.5 cm³/mol. The number of hydrogen-bond acceptors (Lipinski definition) is 5. The number of carbonyl (C=O) groups is 1. The molecule has 3 rings (SSSR count). The van der Waals surface area contributed by atoms with E-state index >= 15 is 0 Å². The average molecular weight is 341 g/mol. The first kappa shape index (κ1) is 17.0. The lowest BCUT2D eigenvalue weighted by Crippen LogP contribution is -2.31. The number of amides is 1. The monoisotopic (exact) mass is 341 g/mol. The molecule has 0 fully saturated rings. The topological polar surface area (TPSA) is 81.1 Å². The molecule has 1 atom stereocenters. The van der Waals surface area contributed by atoms with Gasteiger partial charge in [-0.25, -0.2) is 4.68 Å². The summed E-state index contributed by atoms with van der Waals surface area (Å²) in [6, 6.07) is 7.20. The molecule has 0 aliphatic carbocycles. The normalized spacial score (nSPS) is 16.4. The quantitative estimate of drug-likeness (QED) is 0.873. The summed E-state index contributed by atoms with van der Waals surface area (Å²) in [6.07, 6.45) is 2.30. The Hall–Kier alpha value is -2.83. The van der Waals surface area contributed by atoms with E-state index in [4.69, 9.17) is 4.74 Å². The third-order valence-electron chi connectivity index (χ3n) is 4.20. The first-order chi connectivity index (χ1) is 12.0. The zero-order valence-electron chi connectivity index (χ0n) is 14.9. The Morgan fingerprint density at radius 2 is 2.16 bits per heavy atom. The minimum atomic E-state index is -0.165. The molecule has 1 amide bonds. The molecule has 2 aromatic rings. The first-order valence-corrected chi connectivity index (χ1v) is 8.33. The first-order valence-electron chi connectivity index (χ1n) is 8.33. The van der Waals surface area contributed by atoms with Crippen LogP contribution in [0.2, 0.25) is 0 Å². The van der Waals surface area contributed by atoms with E-state index in [0.29, 0.717) is 28.9 Å². The highest BCUT2D eigenvalue weighted by atomic mass is 16.5. The van der Waals surface area contributed by atoms with Gasteiger partial charge in [0.1, 0.15) is 12.1 Å². The number of para-hydroxylation sites is 2. The van der Waals surface area contributed by atoms with Crippen LogP contribution in [-0.4, -0.2) is 27.8 Å². The smallest absolute Gasteiger partial charge is 0.255 e. The third-order valence-corrected chi connectivity index (χ3v) is 4.20. The van der Waals surface area contributed by atoms with Crippen LogP contribution in [0.15, 0.2) is 41.9 Å². The van der Waals surface area contributed by atoms with Crippen molar-refractivity contribution in [2.24, 2.45) is 5.92 Å². The number of nitrogens with one attached hydrogen (secondary N) is 2. The number of nitrogens with zero attached hydrogens (tertiary/aromatic N) is 3. The SMILES string of the molecule is COc1ccccc1NC(=O)C1=C(C)Nc2ncnn2[C@@H]1CC(C)C. The Morgan fingerprint density at radius 3 is 2.88 bits per heavy atom. The molecule has 25 heavy (non-hydrogen) atoms. The van der Waals surface area contributed by atoms with Gasteiger partial charge in [0.15, 0.2) is 0 Å². The maximum atomic E-state index is 13.0. The number of rotatable bonds is 5. The highest BCUT2D eigenvalue weighted by Crippen LogP contribution is 2.35. The molecular weight excluding hydrogens is 318 g/mol. The summed E-state index contributed by atoms with van der Waals surface area (Å²) < 4.78 is 7.10. The van der Waals surface area contributed by atoms with Gasteiger partial charge in [-0.05, 0) is 31.4 Å². The Balaban J connectivity index is 1.93. The van der Waals surface area contributed by atoms with Crippen molar-refractivity contribution in [3.05, 3.63) is 41.9 Å². The molecule has 1 aliphatic rings. The van der Waals surface area contributed by atoms with Gasteiger partial charge in [0.25, 0.3) is 5.91 Å². The van der Waals surface area contributed by atoms with Crippen LogP contribution in [-0.2, 0) is 4.79 Å². The van der Waals surface area contributed by atoms with Crippen molar-refractivity contribution in [1.29, 1.82) is 0 Å². The molecular formula is C18H23N5O2.